The summed E-state index contributed by atoms with van der Waals surface area (Å²) in [6.07, 6.45) is 1.82. The van der Waals surface area contributed by atoms with Gasteiger partial charge >= 0.3 is 0 Å². The number of carbonyl (C=O) groups is 1. The second-order valence-electron chi connectivity index (χ2n) is 6.36. The highest BCUT2D eigenvalue weighted by molar-refractivity contribution is 6.02. The van der Waals surface area contributed by atoms with E-state index in [1.165, 1.54) is 12.1 Å². The molecule has 3 rings (SSSR count). The van der Waals surface area contributed by atoms with E-state index >= 15 is 0 Å². The number of nitro groups is 1. The Kier molecular flexibility index (Phi) is 4.44. The van der Waals surface area contributed by atoms with Crippen molar-refractivity contribution in [2.24, 2.45) is 0 Å². The van der Waals surface area contributed by atoms with Crippen LogP contribution in [0.3, 0.4) is 0 Å². The van der Waals surface area contributed by atoms with E-state index in [1.807, 2.05) is 31.2 Å². The molecule has 1 aliphatic rings. The second-order valence-corrected chi connectivity index (χ2v) is 6.36. The van der Waals surface area contributed by atoms with E-state index in [-0.39, 0.29) is 11.6 Å². The normalized spacial score (nSPS) is 19.3. The lowest BCUT2D eigenvalue weighted by molar-refractivity contribution is -0.385. The Morgan fingerprint density at radius 3 is 2.68 bits per heavy atom. The Bertz CT molecular complexity index is 821. The molecule has 0 fully saturated rings. The molecular formula is C19H21N3O3. The Morgan fingerprint density at radius 2 is 1.96 bits per heavy atom. The molecule has 2 aromatic rings. The van der Waals surface area contributed by atoms with Gasteiger partial charge in [-0.05, 0) is 25.5 Å². The van der Waals surface area contributed by atoms with Crippen molar-refractivity contribution < 1.29 is 9.72 Å². The van der Waals surface area contributed by atoms with Gasteiger partial charge in [-0.2, -0.15) is 0 Å². The summed E-state index contributed by atoms with van der Waals surface area (Å²) in [5.74, 6) is -0.0585. The first-order chi connectivity index (χ1) is 12.0. The third-order valence-corrected chi connectivity index (χ3v) is 4.67. The van der Waals surface area contributed by atoms with E-state index < -0.39 is 10.6 Å². The van der Waals surface area contributed by atoms with Crippen LogP contribution in [-0.2, 0) is 5.66 Å². The number of nitrogens with one attached hydrogen (secondary N) is 1. The van der Waals surface area contributed by atoms with Gasteiger partial charge in [0.1, 0.15) is 5.66 Å². The standard InChI is InChI=1S/C19H21N3O3/c1-3-4-12-21-18(23)16-10-5-6-11-17(16)20-19(21,2)14-8-7-9-15(13-14)22(24)25/h5-11,13,20H,3-4,12H2,1-2H3. The zero-order valence-corrected chi connectivity index (χ0v) is 14.4. The first-order valence-corrected chi connectivity index (χ1v) is 8.41. The smallest absolute Gasteiger partial charge is 0.269 e. The Morgan fingerprint density at radius 1 is 1.20 bits per heavy atom. The van der Waals surface area contributed by atoms with Crippen molar-refractivity contribution in [2.45, 2.75) is 32.4 Å². The van der Waals surface area contributed by atoms with Crippen molar-refractivity contribution in [1.29, 1.82) is 0 Å². The number of anilines is 1. The fourth-order valence-electron chi connectivity index (χ4n) is 3.25. The molecule has 0 bridgehead atoms. The number of fused-ring (bicyclic) bond motifs is 1. The highest BCUT2D eigenvalue weighted by atomic mass is 16.6. The first kappa shape index (κ1) is 17.0. The Labute approximate surface area is 146 Å². The van der Waals surface area contributed by atoms with Crippen LogP contribution in [0.1, 0.15) is 42.6 Å². The maximum absolute atomic E-state index is 13.1. The fourth-order valence-corrected chi connectivity index (χ4v) is 3.25. The molecule has 0 saturated carbocycles. The van der Waals surface area contributed by atoms with E-state index in [4.69, 9.17) is 0 Å². The number of carbonyl (C=O) groups excluding carboxylic acids is 1. The van der Waals surface area contributed by atoms with Crippen LogP contribution < -0.4 is 5.32 Å². The number of nitrogens with zero attached hydrogens (tertiary/aromatic N) is 2. The summed E-state index contributed by atoms with van der Waals surface area (Å²) in [5, 5.41) is 14.6. The molecule has 0 spiro atoms. The second kappa shape index (κ2) is 6.55. The summed E-state index contributed by atoms with van der Waals surface area (Å²) in [6.45, 7) is 4.55. The number of para-hydroxylation sites is 1. The van der Waals surface area contributed by atoms with Crippen molar-refractivity contribution in [3.05, 3.63) is 69.8 Å². The third kappa shape index (κ3) is 2.95. The lowest BCUT2D eigenvalue weighted by atomic mass is 9.93. The fraction of sp³-hybridized carbons (Fsp3) is 0.316. The third-order valence-electron chi connectivity index (χ3n) is 4.67. The van der Waals surface area contributed by atoms with Crippen LogP contribution in [0, 0.1) is 10.1 Å². The van der Waals surface area contributed by atoms with Crippen LogP contribution in [0.4, 0.5) is 11.4 Å². The van der Waals surface area contributed by atoms with E-state index in [9.17, 15) is 14.9 Å². The van der Waals surface area contributed by atoms with Gasteiger partial charge in [-0.1, -0.05) is 37.6 Å². The lowest BCUT2D eigenvalue weighted by Gasteiger charge is -2.46. The molecular weight excluding hydrogens is 318 g/mol. The monoisotopic (exact) mass is 339 g/mol. The largest absolute Gasteiger partial charge is 0.358 e. The number of hydrogen-bond donors (Lipinski definition) is 1. The summed E-state index contributed by atoms with van der Waals surface area (Å²) in [4.78, 5) is 25.6. The van der Waals surface area contributed by atoms with Gasteiger partial charge in [0.25, 0.3) is 11.6 Å². The van der Waals surface area contributed by atoms with Crippen LogP contribution in [0.25, 0.3) is 0 Å². The van der Waals surface area contributed by atoms with Crippen molar-refractivity contribution >= 4 is 17.3 Å². The number of unbranched alkanes of at least 4 members (excludes halogenated alkanes) is 1. The van der Waals surface area contributed by atoms with Gasteiger partial charge in [0.05, 0.1) is 10.5 Å². The van der Waals surface area contributed by atoms with E-state index in [0.717, 1.165) is 18.5 Å². The van der Waals surface area contributed by atoms with Gasteiger partial charge in [0.15, 0.2) is 0 Å². The molecule has 6 heteroatoms. The molecule has 25 heavy (non-hydrogen) atoms. The van der Waals surface area contributed by atoms with E-state index in [1.54, 1.807) is 17.0 Å². The zero-order chi connectivity index (χ0) is 18.0. The lowest BCUT2D eigenvalue weighted by Crippen LogP contribution is -2.56. The number of amides is 1. The van der Waals surface area contributed by atoms with Crippen LogP contribution >= 0.6 is 0 Å². The average Bonchev–Trinajstić information content (AvgIpc) is 2.61. The van der Waals surface area contributed by atoms with Crippen molar-refractivity contribution in [3.8, 4) is 0 Å². The minimum atomic E-state index is -0.841. The molecule has 130 valence electrons. The molecule has 1 aliphatic heterocycles. The minimum absolute atomic E-state index is 0.0160. The molecule has 1 amide bonds. The number of hydrogen-bond acceptors (Lipinski definition) is 4. The first-order valence-electron chi connectivity index (χ1n) is 8.41. The predicted molar refractivity (Wildman–Crippen MR) is 96.5 cm³/mol. The summed E-state index contributed by atoms with van der Waals surface area (Å²) in [7, 11) is 0. The number of rotatable bonds is 5. The molecule has 1 unspecified atom stereocenters. The zero-order valence-electron chi connectivity index (χ0n) is 14.4. The maximum Gasteiger partial charge on any atom is 0.269 e. The quantitative estimate of drug-likeness (QED) is 0.656. The molecule has 6 nitrogen and oxygen atoms in total. The van der Waals surface area contributed by atoms with Gasteiger partial charge in [-0.25, -0.2) is 0 Å². The number of non-ortho nitro benzene ring substituents is 1. The Balaban J connectivity index is 2.11. The molecule has 0 aromatic heterocycles. The highest BCUT2D eigenvalue weighted by Crippen LogP contribution is 2.38. The molecule has 1 atom stereocenters. The van der Waals surface area contributed by atoms with Crippen LogP contribution in [-0.4, -0.2) is 22.3 Å². The molecule has 1 heterocycles. The van der Waals surface area contributed by atoms with Gasteiger partial charge in [-0.3, -0.25) is 14.9 Å². The van der Waals surface area contributed by atoms with Crippen LogP contribution in [0.2, 0.25) is 0 Å². The van der Waals surface area contributed by atoms with Crippen LogP contribution in [0.15, 0.2) is 48.5 Å². The van der Waals surface area contributed by atoms with E-state index in [0.29, 0.717) is 17.7 Å². The predicted octanol–water partition coefficient (Wildman–Crippen LogP) is 4.14. The summed E-state index contributed by atoms with van der Waals surface area (Å²) >= 11 is 0. The summed E-state index contributed by atoms with van der Waals surface area (Å²) in [6, 6.07) is 13.8. The van der Waals surface area contributed by atoms with Crippen LogP contribution in [0.5, 0.6) is 0 Å². The Hall–Kier alpha value is -2.89. The molecule has 0 saturated heterocycles. The number of benzene rings is 2. The molecule has 0 aliphatic carbocycles. The van der Waals surface area contributed by atoms with Gasteiger partial charge < -0.3 is 10.2 Å². The van der Waals surface area contributed by atoms with Crippen molar-refractivity contribution in [3.63, 3.8) is 0 Å². The SMILES string of the molecule is CCCCN1C(=O)c2ccccc2NC1(C)c1cccc([N+](=O)[O-])c1. The minimum Gasteiger partial charge on any atom is -0.358 e. The van der Waals surface area contributed by atoms with Gasteiger partial charge in [0, 0.05) is 29.9 Å². The molecule has 1 N–H and O–H groups in total. The maximum atomic E-state index is 13.1. The average molecular weight is 339 g/mol. The molecule has 2 aromatic carbocycles. The molecule has 0 radical (unpaired) electrons. The van der Waals surface area contributed by atoms with Gasteiger partial charge in [-0.15, -0.1) is 0 Å². The van der Waals surface area contributed by atoms with Crippen molar-refractivity contribution in [1.82, 2.24) is 4.90 Å². The van der Waals surface area contributed by atoms with Crippen molar-refractivity contribution in [2.75, 3.05) is 11.9 Å². The topological polar surface area (TPSA) is 75.5 Å². The number of nitro benzene ring substituents is 1. The highest BCUT2D eigenvalue weighted by Gasteiger charge is 2.42. The van der Waals surface area contributed by atoms with Gasteiger partial charge in [0.2, 0.25) is 0 Å². The van der Waals surface area contributed by atoms with E-state index in [2.05, 4.69) is 12.2 Å². The summed E-state index contributed by atoms with van der Waals surface area (Å²) in [5.41, 5.74) is 1.24. The summed E-state index contributed by atoms with van der Waals surface area (Å²) < 4.78 is 0.